The minimum Gasteiger partial charge on any atom is -0.726 e. The van der Waals surface area contributed by atoms with Crippen molar-refractivity contribution in [3.63, 3.8) is 0 Å². The van der Waals surface area contributed by atoms with Crippen molar-refractivity contribution in [2.45, 2.75) is 26.2 Å². The Morgan fingerprint density at radius 3 is 2.05 bits per heavy atom. The van der Waals surface area contributed by atoms with E-state index in [1.807, 2.05) is 12.1 Å². The van der Waals surface area contributed by atoms with E-state index in [4.69, 9.17) is 4.74 Å². The summed E-state index contributed by atoms with van der Waals surface area (Å²) in [5.74, 6) is 0.606. The Morgan fingerprint density at radius 2 is 1.63 bits per heavy atom. The minimum absolute atomic E-state index is 0. The molecule has 19 heavy (non-hydrogen) atoms. The SMILES string of the molecule is CC(C)(C)c1ccc(OCCOS(=O)(=O)[O-])cc1.[Na+]. The summed E-state index contributed by atoms with van der Waals surface area (Å²) in [5.41, 5.74) is 1.24. The fraction of sp³-hybridized carbons (Fsp3) is 0.500. The Balaban J connectivity index is 0.00000324. The molecule has 0 saturated heterocycles. The molecule has 0 aliphatic carbocycles. The number of benzene rings is 1. The molecular weight excluding hydrogens is 279 g/mol. The van der Waals surface area contributed by atoms with Crippen LogP contribution in [0.5, 0.6) is 5.75 Å². The van der Waals surface area contributed by atoms with Crippen LogP contribution in [0.3, 0.4) is 0 Å². The molecule has 0 fully saturated rings. The first kappa shape index (κ1) is 18.9. The van der Waals surface area contributed by atoms with Crippen molar-refractivity contribution in [3.05, 3.63) is 29.8 Å². The van der Waals surface area contributed by atoms with Gasteiger partial charge in [0.15, 0.2) is 0 Å². The van der Waals surface area contributed by atoms with Gasteiger partial charge in [-0.25, -0.2) is 8.42 Å². The molecule has 0 radical (unpaired) electrons. The molecule has 1 rings (SSSR count). The third kappa shape index (κ3) is 7.91. The average Bonchev–Trinajstić information content (AvgIpc) is 2.22. The van der Waals surface area contributed by atoms with Gasteiger partial charge in [-0.15, -0.1) is 0 Å². The van der Waals surface area contributed by atoms with E-state index in [0.717, 1.165) is 0 Å². The molecule has 0 aliphatic heterocycles. The molecule has 0 bridgehead atoms. The number of hydrogen-bond donors (Lipinski definition) is 0. The zero-order valence-corrected chi connectivity index (χ0v) is 14.5. The van der Waals surface area contributed by atoms with Crippen LogP contribution in [0.1, 0.15) is 26.3 Å². The maximum atomic E-state index is 10.2. The molecule has 0 N–H and O–H groups in total. The van der Waals surface area contributed by atoms with Crippen LogP contribution in [0.15, 0.2) is 24.3 Å². The second kappa shape index (κ2) is 7.61. The maximum Gasteiger partial charge on any atom is 1.00 e. The molecule has 102 valence electrons. The van der Waals surface area contributed by atoms with E-state index < -0.39 is 10.4 Å². The monoisotopic (exact) mass is 296 g/mol. The first-order valence-corrected chi connectivity index (χ1v) is 6.85. The molecule has 0 atom stereocenters. The van der Waals surface area contributed by atoms with Crippen LogP contribution >= 0.6 is 0 Å². The Bertz CT molecular complexity index is 476. The van der Waals surface area contributed by atoms with E-state index in [9.17, 15) is 13.0 Å². The topological polar surface area (TPSA) is 75.7 Å². The van der Waals surface area contributed by atoms with Crippen molar-refractivity contribution < 1.29 is 51.4 Å². The van der Waals surface area contributed by atoms with Crippen molar-refractivity contribution in [2.24, 2.45) is 0 Å². The van der Waals surface area contributed by atoms with E-state index in [0.29, 0.717) is 5.75 Å². The van der Waals surface area contributed by atoms with E-state index >= 15 is 0 Å². The van der Waals surface area contributed by atoms with Crippen molar-refractivity contribution in [1.29, 1.82) is 0 Å². The van der Waals surface area contributed by atoms with Crippen LogP contribution in [-0.2, 0) is 20.0 Å². The van der Waals surface area contributed by atoms with Crippen LogP contribution in [-0.4, -0.2) is 26.2 Å². The second-order valence-corrected chi connectivity index (χ2v) is 5.91. The van der Waals surface area contributed by atoms with Crippen LogP contribution in [0, 0.1) is 0 Å². The fourth-order valence-electron chi connectivity index (χ4n) is 1.35. The van der Waals surface area contributed by atoms with Crippen molar-refractivity contribution in [2.75, 3.05) is 13.2 Å². The van der Waals surface area contributed by atoms with Gasteiger partial charge >= 0.3 is 29.6 Å². The summed E-state index contributed by atoms with van der Waals surface area (Å²) < 4.78 is 39.8. The van der Waals surface area contributed by atoms with Gasteiger partial charge in [0.2, 0.25) is 10.4 Å². The molecule has 0 unspecified atom stereocenters. The summed E-state index contributed by atoms with van der Waals surface area (Å²) in [5, 5.41) is 0. The Morgan fingerprint density at radius 1 is 1.11 bits per heavy atom. The van der Waals surface area contributed by atoms with E-state index in [-0.39, 0.29) is 48.2 Å². The van der Waals surface area contributed by atoms with Gasteiger partial charge in [-0.1, -0.05) is 32.9 Å². The van der Waals surface area contributed by atoms with Gasteiger partial charge in [-0.2, -0.15) is 0 Å². The summed E-state index contributed by atoms with van der Waals surface area (Å²) >= 11 is 0. The maximum absolute atomic E-state index is 10.2. The number of rotatable bonds is 5. The fourth-order valence-corrected chi connectivity index (χ4v) is 1.62. The minimum atomic E-state index is -4.63. The normalized spacial score (nSPS) is 11.8. The largest absolute Gasteiger partial charge is 1.00 e. The molecule has 0 heterocycles. The quantitative estimate of drug-likeness (QED) is 0.297. The standard InChI is InChI=1S/C12H18O5S.Na/c1-12(2,3)10-4-6-11(7-5-10)16-8-9-17-18(13,14)15;/h4-7H,8-9H2,1-3H3,(H,13,14,15);/q;+1/p-1. The van der Waals surface area contributed by atoms with Crippen molar-refractivity contribution in [1.82, 2.24) is 0 Å². The van der Waals surface area contributed by atoms with Gasteiger partial charge in [0, 0.05) is 0 Å². The van der Waals surface area contributed by atoms with Gasteiger partial charge < -0.3 is 9.29 Å². The molecular formula is C12H17NaO5S. The average molecular weight is 296 g/mol. The summed E-state index contributed by atoms with van der Waals surface area (Å²) in [6.07, 6.45) is 0. The number of ether oxygens (including phenoxy) is 1. The zero-order chi connectivity index (χ0) is 13.8. The molecule has 0 saturated carbocycles. The third-order valence-corrected chi connectivity index (χ3v) is 2.76. The summed E-state index contributed by atoms with van der Waals surface area (Å²) in [6, 6.07) is 7.49. The number of hydrogen-bond acceptors (Lipinski definition) is 5. The van der Waals surface area contributed by atoms with Gasteiger partial charge in [0.1, 0.15) is 12.4 Å². The van der Waals surface area contributed by atoms with Crippen LogP contribution < -0.4 is 34.3 Å². The first-order valence-electron chi connectivity index (χ1n) is 5.52. The van der Waals surface area contributed by atoms with Crippen molar-refractivity contribution >= 4 is 10.4 Å². The smallest absolute Gasteiger partial charge is 0.726 e. The van der Waals surface area contributed by atoms with Crippen molar-refractivity contribution in [3.8, 4) is 5.75 Å². The zero-order valence-electron chi connectivity index (χ0n) is 11.7. The predicted octanol–water partition coefficient (Wildman–Crippen LogP) is -1.16. The van der Waals surface area contributed by atoms with Gasteiger partial charge in [0.25, 0.3) is 0 Å². The molecule has 7 heteroatoms. The molecule has 0 aliphatic rings. The van der Waals surface area contributed by atoms with E-state index in [1.54, 1.807) is 12.1 Å². The molecule has 1 aromatic carbocycles. The van der Waals surface area contributed by atoms with Gasteiger partial charge in [-0.05, 0) is 23.1 Å². The summed E-state index contributed by atoms with van der Waals surface area (Å²) in [7, 11) is -4.63. The van der Waals surface area contributed by atoms with Gasteiger partial charge in [-0.3, -0.25) is 4.18 Å². The molecule has 0 amide bonds. The molecule has 0 aromatic heterocycles. The van der Waals surface area contributed by atoms with E-state index in [1.165, 1.54) is 5.56 Å². The van der Waals surface area contributed by atoms with Crippen LogP contribution in [0.2, 0.25) is 0 Å². The Labute approximate surface area is 136 Å². The molecule has 5 nitrogen and oxygen atoms in total. The Kier molecular flexibility index (Phi) is 7.57. The van der Waals surface area contributed by atoms with Crippen LogP contribution in [0.25, 0.3) is 0 Å². The second-order valence-electron chi connectivity index (χ2n) is 4.85. The molecule has 1 aromatic rings. The third-order valence-electron chi connectivity index (χ3n) is 2.30. The molecule has 0 spiro atoms. The first-order chi connectivity index (χ1) is 8.18. The summed E-state index contributed by atoms with van der Waals surface area (Å²) in [4.78, 5) is 0. The summed E-state index contributed by atoms with van der Waals surface area (Å²) in [6.45, 7) is 6.05. The van der Waals surface area contributed by atoms with Gasteiger partial charge in [0.05, 0.1) is 6.61 Å². The van der Waals surface area contributed by atoms with E-state index in [2.05, 4.69) is 25.0 Å². The Hall–Kier alpha value is -0.110. The predicted molar refractivity (Wildman–Crippen MR) is 66.3 cm³/mol. The van der Waals surface area contributed by atoms with Crippen LogP contribution in [0.4, 0.5) is 0 Å².